The molecule has 2 rings (SSSR count). The Labute approximate surface area is 137 Å². The summed E-state index contributed by atoms with van der Waals surface area (Å²) in [6.07, 6.45) is 0.925. The van der Waals surface area contributed by atoms with Gasteiger partial charge in [-0.1, -0.05) is 19.1 Å². The summed E-state index contributed by atoms with van der Waals surface area (Å²) < 4.78 is 50.3. The Morgan fingerprint density at radius 3 is 2.30 bits per heavy atom. The molecule has 0 amide bonds. The van der Waals surface area contributed by atoms with Gasteiger partial charge in [0.05, 0.1) is 16.4 Å². The van der Waals surface area contributed by atoms with Crippen LogP contribution in [0.4, 0.5) is 0 Å². The largest absolute Gasteiger partial charge is 0.295 e. The van der Waals surface area contributed by atoms with Gasteiger partial charge in [0.25, 0.3) is 0 Å². The molecular formula is C15H21NO5S2. The predicted molar refractivity (Wildman–Crippen MR) is 87.7 cm³/mol. The molecule has 1 aliphatic heterocycles. The van der Waals surface area contributed by atoms with E-state index in [0.29, 0.717) is 18.4 Å². The van der Waals surface area contributed by atoms with Crippen molar-refractivity contribution >= 4 is 25.6 Å². The van der Waals surface area contributed by atoms with Crippen LogP contribution < -0.4 is 0 Å². The van der Waals surface area contributed by atoms with Crippen molar-refractivity contribution < 1.29 is 21.6 Å². The predicted octanol–water partition coefficient (Wildman–Crippen LogP) is 1.48. The van der Waals surface area contributed by atoms with E-state index in [-0.39, 0.29) is 28.7 Å². The maximum Gasteiger partial charge on any atom is 0.243 e. The van der Waals surface area contributed by atoms with E-state index in [9.17, 15) is 21.6 Å². The van der Waals surface area contributed by atoms with Crippen molar-refractivity contribution in [3.63, 3.8) is 0 Å². The van der Waals surface area contributed by atoms with Crippen molar-refractivity contribution in [1.29, 1.82) is 0 Å². The molecule has 0 unspecified atom stereocenters. The molecule has 0 spiro atoms. The highest BCUT2D eigenvalue weighted by atomic mass is 32.2. The first-order valence-electron chi connectivity index (χ1n) is 7.50. The third-order valence-corrected chi connectivity index (χ3v) is 7.64. The summed E-state index contributed by atoms with van der Waals surface area (Å²) in [5.41, 5.74) is 0.439. The van der Waals surface area contributed by atoms with Crippen LogP contribution in [0, 0.1) is 0 Å². The highest BCUT2D eigenvalue weighted by molar-refractivity contribution is 7.92. The second-order valence-corrected chi connectivity index (χ2v) is 9.87. The Balaban J connectivity index is 2.35. The van der Waals surface area contributed by atoms with E-state index in [2.05, 4.69) is 0 Å². The van der Waals surface area contributed by atoms with Gasteiger partial charge < -0.3 is 0 Å². The van der Waals surface area contributed by atoms with Gasteiger partial charge in [-0.25, -0.2) is 16.8 Å². The topological polar surface area (TPSA) is 88.6 Å². The Hall–Kier alpha value is -1.25. The summed E-state index contributed by atoms with van der Waals surface area (Å²) in [5.74, 6) is -0.240. The van der Waals surface area contributed by atoms with Gasteiger partial charge in [0.2, 0.25) is 10.0 Å². The summed E-state index contributed by atoms with van der Waals surface area (Å²) in [5, 5.41) is 0. The first-order chi connectivity index (χ1) is 10.7. The molecule has 23 heavy (non-hydrogen) atoms. The van der Waals surface area contributed by atoms with E-state index in [0.717, 1.165) is 0 Å². The summed E-state index contributed by atoms with van der Waals surface area (Å²) in [7, 11) is -6.95. The van der Waals surface area contributed by atoms with Crippen molar-refractivity contribution in [2.45, 2.75) is 37.6 Å². The van der Waals surface area contributed by atoms with Crippen molar-refractivity contribution in [3.05, 3.63) is 29.8 Å². The zero-order chi connectivity index (χ0) is 17.3. The molecule has 0 radical (unpaired) electrons. The average Bonchev–Trinajstić information content (AvgIpc) is 2.84. The molecule has 1 fully saturated rings. The molecule has 1 atom stereocenters. The second kappa shape index (κ2) is 6.70. The summed E-state index contributed by atoms with van der Waals surface area (Å²) >= 11 is 0. The van der Waals surface area contributed by atoms with Crippen LogP contribution in [0.2, 0.25) is 0 Å². The third kappa shape index (κ3) is 3.99. The molecule has 0 N–H and O–H groups in total. The first kappa shape index (κ1) is 18.1. The smallest absolute Gasteiger partial charge is 0.243 e. The van der Waals surface area contributed by atoms with Gasteiger partial charge in [-0.3, -0.25) is 4.79 Å². The molecule has 1 saturated heterocycles. The molecule has 0 saturated carbocycles. The second-order valence-electron chi connectivity index (χ2n) is 5.75. The van der Waals surface area contributed by atoms with E-state index >= 15 is 0 Å². The van der Waals surface area contributed by atoms with Crippen LogP contribution in [0.5, 0.6) is 0 Å². The molecule has 0 aromatic heterocycles. The summed E-state index contributed by atoms with van der Waals surface area (Å²) in [6.45, 7) is 3.54. The molecular weight excluding hydrogens is 338 g/mol. The Morgan fingerprint density at radius 2 is 1.87 bits per heavy atom. The highest BCUT2D eigenvalue weighted by Crippen LogP contribution is 2.25. The van der Waals surface area contributed by atoms with Crippen LogP contribution in [-0.2, 0) is 19.9 Å². The lowest BCUT2D eigenvalue weighted by Gasteiger charge is -2.27. The standard InChI is InChI=1S/C15H21NO5S2/c1-3-9-16(14-8-10-22(18,19)11-14)23(20,21)15-6-4-13(5-7-15)12(2)17/h4-7,14H,3,8-11H2,1-2H3/t14-/m0/s1. The van der Waals surface area contributed by atoms with E-state index in [1.54, 1.807) is 0 Å². The monoisotopic (exact) mass is 359 g/mol. The lowest BCUT2D eigenvalue weighted by molar-refractivity contribution is 0.101. The number of sulfonamides is 1. The van der Waals surface area contributed by atoms with Crippen LogP contribution in [0.25, 0.3) is 0 Å². The number of carbonyl (C=O) groups is 1. The molecule has 0 aliphatic carbocycles. The van der Waals surface area contributed by atoms with Crippen molar-refractivity contribution in [2.24, 2.45) is 0 Å². The Bertz CT molecular complexity index is 782. The van der Waals surface area contributed by atoms with Gasteiger partial charge in [0.1, 0.15) is 0 Å². The van der Waals surface area contributed by atoms with Crippen LogP contribution in [-0.4, -0.2) is 51.0 Å². The van der Waals surface area contributed by atoms with Crippen molar-refractivity contribution in [2.75, 3.05) is 18.1 Å². The number of ketones is 1. The van der Waals surface area contributed by atoms with Gasteiger partial charge in [-0.05, 0) is 31.9 Å². The summed E-state index contributed by atoms with van der Waals surface area (Å²) in [4.78, 5) is 11.4. The molecule has 1 heterocycles. The molecule has 1 aromatic carbocycles. The number of Topliss-reactive ketones (excluding diaryl/α,β-unsaturated/α-hetero) is 1. The normalized spacial score (nSPS) is 20.7. The summed E-state index contributed by atoms with van der Waals surface area (Å²) in [6, 6.07) is 5.24. The van der Waals surface area contributed by atoms with Crippen LogP contribution >= 0.6 is 0 Å². The molecule has 1 aromatic rings. The molecule has 6 nitrogen and oxygen atoms in total. The SMILES string of the molecule is CCCN([C@H]1CCS(=O)(=O)C1)S(=O)(=O)c1ccc(C(C)=O)cc1. The van der Waals surface area contributed by atoms with Gasteiger partial charge in [-0.2, -0.15) is 4.31 Å². The fourth-order valence-corrected chi connectivity index (χ4v) is 6.29. The average molecular weight is 359 g/mol. The van der Waals surface area contributed by atoms with Gasteiger partial charge in [0, 0.05) is 18.2 Å². The van der Waals surface area contributed by atoms with Crippen LogP contribution in [0.15, 0.2) is 29.2 Å². The van der Waals surface area contributed by atoms with Gasteiger partial charge in [0.15, 0.2) is 15.6 Å². The molecule has 1 aliphatic rings. The van der Waals surface area contributed by atoms with Crippen molar-refractivity contribution in [1.82, 2.24) is 4.31 Å². The van der Waals surface area contributed by atoms with Crippen molar-refractivity contribution in [3.8, 4) is 0 Å². The lowest BCUT2D eigenvalue weighted by Crippen LogP contribution is -2.41. The third-order valence-electron chi connectivity index (χ3n) is 3.93. The minimum atomic E-state index is -3.78. The Kier molecular flexibility index (Phi) is 5.27. The molecule has 128 valence electrons. The number of nitrogens with zero attached hydrogens (tertiary/aromatic N) is 1. The zero-order valence-corrected chi connectivity index (χ0v) is 14.9. The fourth-order valence-electron chi connectivity index (χ4n) is 2.72. The highest BCUT2D eigenvalue weighted by Gasteiger charge is 2.38. The van der Waals surface area contributed by atoms with Crippen LogP contribution in [0.1, 0.15) is 37.0 Å². The number of hydrogen-bond donors (Lipinski definition) is 0. The number of rotatable bonds is 6. The van der Waals surface area contributed by atoms with E-state index in [1.165, 1.54) is 35.5 Å². The van der Waals surface area contributed by atoms with Gasteiger partial charge in [-0.15, -0.1) is 0 Å². The molecule has 8 heteroatoms. The number of hydrogen-bond acceptors (Lipinski definition) is 5. The van der Waals surface area contributed by atoms with Gasteiger partial charge >= 0.3 is 0 Å². The lowest BCUT2D eigenvalue weighted by atomic mass is 10.2. The van der Waals surface area contributed by atoms with E-state index in [4.69, 9.17) is 0 Å². The van der Waals surface area contributed by atoms with E-state index < -0.39 is 25.9 Å². The minimum Gasteiger partial charge on any atom is -0.295 e. The fraction of sp³-hybridized carbons (Fsp3) is 0.533. The maximum absolute atomic E-state index is 12.8. The number of carbonyl (C=O) groups excluding carboxylic acids is 1. The Morgan fingerprint density at radius 1 is 1.26 bits per heavy atom. The zero-order valence-electron chi connectivity index (χ0n) is 13.2. The molecule has 0 bridgehead atoms. The van der Waals surface area contributed by atoms with E-state index in [1.807, 2.05) is 6.92 Å². The first-order valence-corrected chi connectivity index (χ1v) is 10.8. The van der Waals surface area contributed by atoms with Crippen LogP contribution in [0.3, 0.4) is 0 Å². The maximum atomic E-state index is 12.8. The minimum absolute atomic E-state index is 0.0245. The number of benzene rings is 1. The quantitative estimate of drug-likeness (QED) is 0.718. The number of sulfone groups is 1.